The zero-order valence-electron chi connectivity index (χ0n) is 7.66. The van der Waals surface area contributed by atoms with Crippen molar-refractivity contribution >= 4 is 5.91 Å². The summed E-state index contributed by atoms with van der Waals surface area (Å²) >= 11 is 0. The molecule has 3 nitrogen and oxygen atoms in total. The van der Waals surface area contributed by atoms with E-state index in [-0.39, 0.29) is 5.91 Å². The van der Waals surface area contributed by atoms with Crippen molar-refractivity contribution in [2.45, 2.75) is 19.8 Å². The fraction of sp³-hybridized carbons (Fsp3) is 0.300. The number of hydrogen-bond acceptors (Lipinski definition) is 2. The van der Waals surface area contributed by atoms with Gasteiger partial charge in [0.2, 0.25) is 5.91 Å². The van der Waals surface area contributed by atoms with Gasteiger partial charge in [-0.05, 0) is 37.5 Å². The van der Waals surface area contributed by atoms with E-state index in [9.17, 15) is 4.79 Å². The lowest BCUT2D eigenvalue weighted by Gasteiger charge is -2.05. The van der Waals surface area contributed by atoms with Crippen LogP contribution in [0.1, 0.15) is 18.9 Å². The summed E-state index contributed by atoms with van der Waals surface area (Å²) in [7, 11) is 0. The van der Waals surface area contributed by atoms with E-state index in [1.165, 1.54) is 5.56 Å². The standard InChI is InChI=1S/C10H13N2O/c1-8(10(11)13)2-3-9-4-6-12-7-5-9/h4-7H,2-3H2,1H3,(H2,11,13). The summed E-state index contributed by atoms with van der Waals surface area (Å²) in [4.78, 5) is 14.6. The highest BCUT2D eigenvalue weighted by Crippen LogP contribution is 2.09. The highest BCUT2D eigenvalue weighted by atomic mass is 16.1. The number of carbonyl (C=O) groups is 1. The summed E-state index contributed by atoms with van der Waals surface area (Å²) in [5.74, 6) is 0.408. The lowest BCUT2D eigenvalue weighted by molar-refractivity contribution is -0.116. The van der Waals surface area contributed by atoms with Gasteiger partial charge in [0, 0.05) is 12.4 Å². The smallest absolute Gasteiger partial charge is 0.224 e. The van der Waals surface area contributed by atoms with Crippen molar-refractivity contribution in [3.63, 3.8) is 0 Å². The largest absolute Gasteiger partial charge is 0.369 e. The Morgan fingerprint density at radius 1 is 1.46 bits per heavy atom. The average molecular weight is 177 g/mol. The summed E-state index contributed by atoms with van der Waals surface area (Å²) in [6.45, 7) is 1.77. The Labute approximate surface area is 78.0 Å². The first-order chi connectivity index (χ1) is 6.20. The van der Waals surface area contributed by atoms with Crippen LogP contribution in [0, 0.1) is 5.92 Å². The van der Waals surface area contributed by atoms with Crippen LogP contribution >= 0.6 is 0 Å². The predicted octanol–water partition coefficient (Wildman–Crippen LogP) is 1.09. The van der Waals surface area contributed by atoms with Crippen LogP contribution in [0.4, 0.5) is 0 Å². The maximum absolute atomic E-state index is 10.7. The van der Waals surface area contributed by atoms with E-state index in [2.05, 4.69) is 4.98 Å². The molecule has 0 aliphatic heterocycles. The maximum atomic E-state index is 10.7. The molecule has 0 atom stereocenters. The number of primary amides is 1. The molecule has 1 radical (unpaired) electrons. The minimum absolute atomic E-state index is 0.311. The molecule has 2 N–H and O–H groups in total. The number of carbonyl (C=O) groups excluding carboxylic acids is 1. The van der Waals surface area contributed by atoms with Crippen molar-refractivity contribution in [1.82, 2.24) is 4.98 Å². The fourth-order valence-electron chi connectivity index (χ4n) is 1.00. The van der Waals surface area contributed by atoms with Gasteiger partial charge in [0.05, 0.1) is 5.92 Å². The van der Waals surface area contributed by atoms with Gasteiger partial charge < -0.3 is 5.73 Å². The van der Waals surface area contributed by atoms with Gasteiger partial charge in [0.25, 0.3) is 0 Å². The molecule has 0 saturated heterocycles. The third-order valence-corrected chi connectivity index (χ3v) is 1.96. The lowest BCUT2D eigenvalue weighted by atomic mass is 10.0. The van der Waals surface area contributed by atoms with Gasteiger partial charge in [-0.1, -0.05) is 0 Å². The molecule has 1 amide bonds. The van der Waals surface area contributed by atoms with E-state index < -0.39 is 0 Å². The Bertz CT molecular complexity index is 272. The molecule has 0 unspecified atom stereocenters. The molecule has 13 heavy (non-hydrogen) atoms. The molecule has 0 spiro atoms. The molecule has 1 aromatic rings. The van der Waals surface area contributed by atoms with Crippen LogP contribution in [0.5, 0.6) is 0 Å². The molecule has 1 heterocycles. The number of aryl methyl sites for hydroxylation is 1. The van der Waals surface area contributed by atoms with Crippen molar-refractivity contribution in [3.8, 4) is 0 Å². The second kappa shape index (κ2) is 4.60. The van der Waals surface area contributed by atoms with Crippen LogP contribution in [0.2, 0.25) is 0 Å². The van der Waals surface area contributed by atoms with Crippen LogP contribution < -0.4 is 5.73 Å². The number of aromatic nitrogens is 1. The minimum Gasteiger partial charge on any atom is -0.369 e. The second-order valence-corrected chi connectivity index (χ2v) is 3.00. The molecule has 0 aromatic carbocycles. The van der Waals surface area contributed by atoms with Crippen molar-refractivity contribution in [2.24, 2.45) is 5.73 Å². The van der Waals surface area contributed by atoms with E-state index in [0.717, 1.165) is 18.8 Å². The lowest BCUT2D eigenvalue weighted by Crippen LogP contribution is -2.19. The van der Waals surface area contributed by atoms with Gasteiger partial charge in [0.1, 0.15) is 0 Å². The van der Waals surface area contributed by atoms with Crippen LogP contribution in [0.15, 0.2) is 24.5 Å². The number of nitrogens with zero attached hydrogens (tertiary/aromatic N) is 1. The molecule has 1 rings (SSSR count). The van der Waals surface area contributed by atoms with E-state index in [1.54, 1.807) is 19.3 Å². The topological polar surface area (TPSA) is 56.0 Å². The van der Waals surface area contributed by atoms with Crippen LogP contribution in [0.3, 0.4) is 0 Å². The summed E-state index contributed by atoms with van der Waals surface area (Å²) in [5, 5.41) is 0. The van der Waals surface area contributed by atoms with Gasteiger partial charge >= 0.3 is 0 Å². The number of hydrogen-bond donors (Lipinski definition) is 1. The van der Waals surface area contributed by atoms with Gasteiger partial charge in [-0.15, -0.1) is 0 Å². The Kier molecular flexibility index (Phi) is 3.43. The summed E-state index contributed by atoms with van der Waals surface area (Å²) < 4.78 is 0. The first-order valence-corrected chi connectivity index (χ1v) is 4.21. The molecule has 0 aliphatic carbocycles. The van der Waals surface area contributed by atoms with Crippen molar-refractivity contribution in [3.05, 3.63) is 36.0 Å². The Balaban J connectivity index is 2.39. The van der Waals surface area contributed by atoms with E-state index in [4.69, 9.17) is 5.73 Å². The van der Waals surface area contributed by atoms with E-state index >= 15 is 0 Å². The van der Waals surface area contributed by atoms with E-state index in [0.29, 0.717) is 0 Å². The SMILES string of the molecule is C[C](CCc1ccncc1)C(N)=O. The van der Waals surface area contributed by atoms with Crippen LogP contribution in [-0.2, 0) is 11.2 Å². The first kappa shape index (κ1) is 9.71. The molecular formula is C10H13N2O. The third kappa shape index (κ3) is 3.23. The second-order valence-electron chi connectivity index (χ2n) is 3.00. The number of rotatable bonds is 4. The van der Waals surface area contributed by atoms with Gasteiger partial charge in [-0.25, -0.2) is 0 Å². The quantitative estimate of drug-likeness (QED) is 0.748. The average Bonchev–Trinajstić information content (AvgIpc) is 2.15. The molecule has 1 aromatic heterocycles. The first-order valence-electron chi connectivity index (χ1n) is 4.21. The maximum Gasteiger partial charge on any atom is 0.224 e. The van der Waals surface area contributed by atoms with Crippen molar-refractivity contribution in [1.29, 1.82) is 0 Å². The summed E-state index contributed by atoms with van der Waals surface area (Å²) in [6, 6.07) is 3.88. The highest BCUT2D eigenvalue weighted by Gasteiger charge is 2.08. The molecule has 69 valence electrons. The molecule has 0 fully saturated rings. The van der Waals surface area contributed by atoms with Crippen molar-refractivity contribution in [2.75, 3.05) is 0 Å². The van der Waals surface area contributed by atoms with Gasteiger partial charge in [0.15, 0.2) is 0 Å². The Morgan fingerprint density at radius 2 is 2.08 bits per heavy atom. The zero-order chi connectivity index (χ0) is 9.68. The summed E-state index contributed by atoms with van der Waals surface area (Å²) in [6.07, 6.45) is 5.06. The minimum atomic E-state index is -0.311. The Morgan fingerprint density at radius 3 is 2.62 bits per heavy atom. The van der Waals surface area contributed by atoms with Crippen molar-refractivity contribution < 1.29 is 4.79 Å². The monoisotopic (exact) mass is 177 g/mol. The predicted molar refractivity (Wildman–Crippen MR) is 50.7 cm³/mol. The van der Waals surface area contributed by atoms with Gasteiger partial charge in [-0.2, -0.15) is 0 Å². The number of pyridine rings is 1. The molecular weight excluding hydrogens is 164 g/mol. The molecule has 3 heteroatoms. The third-order valence-electron chi connectivity index (χ3n) is 1.96. The normalized spacial score (nSPS) is 10.3. The van der Waals surface area contributed by atoms with Crippen LogP contribution in [0.25, 0.3) is 0 Å². The van der Waals surface area contributed by atoms with Gasteiger partial charge in [-0.3, -0.25) is 9.78 Å². The molecule has 0 bridgehead atoms. The molecule has 0 saturated carbocycles. The molecule has 0 aliphatic rings. The number of nitrogens with two attached hydrogens (primary N) is 1. The Hall–Kier alpha value is -1.38. The number of amides is 1. The highest BCUT2D eigenvalue weighted by molar-refractivity contribution is 5.87. The zero-order valence-corrected chi connectivity index (χ0v) is 7.66. The van der Waals surface area contributed by atoms with E-state index in [1.807, 2.05) is 12.1 Å². The fourth-order valence-corrected chi connectivity index (χ4v) is 1.00. The summed E-state index contributed by atoms with van der Waals surface area (Å²) in [5.41, 5.74) is 6.29. The van der Waals surface area contributed by atoms with Crippen LogP contribution in [-0.4, -0.2) is 10.9 Å².